The van der Waals surface area contributed by atoms with Crippen molar-refractivity contribution in [2.24, 2.45) is 0 Å². The summed E-state index contributed by atoms with van der Waals surface area (Å²) in [6, 6.07) is 6.08. The second kappa shape index (κ2) is 4.81. The van der Waals surface area contributed by atoms with Crippen LogP contribution in [0.2, 0.25) is 0 Å². The Hall–Kier alpha value is -0.930. The van der Waals surface area contributed by atoms with Gasteiger partial charge >= 0.3 is 0 Å². The van der Waals surface area contributed by atoms with Crippen molar-refractivity contribution in [1.29, 1.82) is 0 Å². The number of benzene rings is 1. The predicted octanol–water partition coefficient (Wildman–Crippen LogP) is 2.99. The Morgan fingerprint density at radius 2 is 1.90 bits per heavy atom. The van der Waals surface area contributed by atoms with Gasteiger partial charge in [0.15, 0.2) is 0 Å². The number of fused-ring (bicyclic) bond motifs is 2. The number of halogens is 1. The summed E-state index contributed by atoms with van der Waals surface area (Å²) in [5, 5.41) is 3.46. The molecule has 1 spiro atoms. The van der Waals surface area contributed by atoms with E-state index in [1.54, 1.807) is 6.07 Å². The predicted molar refractivity (Wildman–Crippen MR) is 78.3 cm³/mol. The van der Waals surface area contributed by atoms with Gasteiger partial charge < -0.3 is 5.32 Å². The average Bonchev–Trinajstić information content (AvgIpc) is 3.08. The van der Waals surface area contributed by atoms with Gasteiger partial charge in [0, 0.05) is 6.04 Å². The molecule has 20 heavy (non-hydrogen) atoms. The van der Waals surface area contributed by atoms with Gasteiger partial charge in [-0.3, -0.25) is 4.90 Å². The van der Waals surface area contributed by atoms with Crippen LogP contribution in [0.15, 0.2) is 18.2 Å². The topological polar surface area (TPSA) is 15.3 Å². The Balaban J connectivity index is 1.75. The van der Waals surface area contributed by atoms with Gasteiger partial charge in [-0.05, 0) is 87.0 Å². The molecule has 1 N–H and O–H groups in total. The molecular formula is C17H23FN2. The number of rotatable bonds is 1. The van der Waals surface area contributed by atoms with Gasteiger partial charge in [-0.1, -0.05) is 6.07 Å². The number of nitrogens with zero attached hydrogens (tertiary/aromatic N) is 1. The van der Waals surface area contributed by atoms with Crippen molar-refractivity contribution in [1.82, 2.24) is 10.2 Å². The Bertz CT molecular complexity index is 502. The van der Waals surface area contributed by atoms with E-state index in [0.29, 0.717) is 6.04 Å². The molecule has 1 aromatic carbocycles. The molecule has 0 radical (unpaired) electrons. The molecule has 3 aliphatic rings. The van der Waals surface area contributed by atoms with Gasteiger partial charge in [0.2, 0.25) is 0 Å². The van der Waals surface area contributed by atoms with Crippen LogP contribution in [-0.2, 0) is 5.41 Å². The number of nitrogens with one attached hydrogen (secondary N) is 1. The zero-order chi connectivity index (χ0) is 13.6. The quantitative estimate of drug-likeness (QED) is 0.847. The van der Waals surface area contributed by atoms with Crippen LogP contribution in [0.5, 0.6) is 0 Å². The van der Waals surface area contributed by atoms with E-state index < -0.39 is 0 Å². The van der Waals surface area contributed by atoms with E-state index in [9.17, 15) is 4.39 Å². The fraction of sp³-hybridized carbons (Fsp3) is 0.647. The molecule has 0 amide bonds. The summed E-state index contributed by atoms with van der Waals surface area (Å²) in [6.07, 6.45) is 6.16. The summed E-state index contributed by atoms with van der Waals surface area (Å²) < 4.78 is 13.8. The molecule has 0 unspecified atom stereocenters. The van der Waals surface area contributed by atoms with Crippen LogP contribution in [-0.4, -0.2) is 31.1 Å². The van der Waals surface area contributed by atoms with Crippen molar-refractivity contribution < 1.29 is 4.39 Å². The molecule has 1 aromatic rings. The van der Waals surface area contributed by atoms with Crippen LogP contribution in [0.1, 0.15) is 49.3 Å². The molecule has 0 bridgehead atoms. The van der Waals surface area contributed by atoms with Crippen LogP contribution in [0.25, 0.3) is 0 Å². The Morgan fingerprint density at radius 3 is 2.65 bits per heavy atom. The first-order valence-electron chi connectivity index (χ1n) is 8.03. The number of piperidine rings is 1. The highest BCUT2D eigenvalue weighted by atomic mass is 19.1. The second-order valence-electron chi connectivity index (χ2n) is 6.72. The molecule has 2 aliphatic heterocycles. The van der Waals surface area contributed by atoms with E-state index in [4.69, 9.17) is 0 Å². The van der Waals surface area contributed by atoms with Crippen molar-refractivity contribution >= 4 is 0 Å². The standard InChI is InChI=1S/C17H23FN2/c18-13-3-4-14-15(11-13)17(5-7-19-8-6-17)12-16(14)20-9-1-2-10-20/h3-4,11,16,19H,1-2,5-10,12H2/t16-/m1/s1. The van der Waals surface area contributed by atoms with E-state index >= 15 is 0 Å². The molecule has 108 valence electrons. The Morgan fingerprint density at radius 1 is 1.15 bits per heavy atom. The number of likely N-dealkylation sites (tertiary alicyclic amines) is 1. The maximum atomic E-state index is 13.8. The van der Waals surface area contributed by atoms with Crippen molar-refractivity contribution in [2.75, 3.05) is 26.2 Å². The van der Waals surface area contributed by atoms with Gasteiger partial charge in [0.05, 0.1) is 0 Å². The maximum Gasteiger partial charge on any atom is 0.123 e. The number of hydrogen-bond acceptors (Lipinski definition) is 2. The van der Waals surface area contributed by atoms with Crippen molar-refractivity contribution in [3.63, 3.8) is 0 Å². The minimum atomic E-state index is -0.0660. The van der Waals surface area contributed by atoms with E-state index in [1.807, 2.05) is 6.07 Å². The Kier molecular flexibility index (Phi) is 3.08. The summed E-state index contributed by atoms with van der Waals surface area (Å²) in [4.78, 5) is 2.63. The van der Waals surface area contributed by atoms with Crippen molar-refractivity contribution in [3.05, 3.63) is 35.1 Å². The fourth-order valence-corrected chi connectivity index (χ4v) is 4.63. The molecule has 2 nitrogen and oxygen atoms in total. The molecule has 3 heteroatoms. The largest absolute Gasteiger partial charge is 0.317 e. The minimum Gasteiger partial charge on any atom is -0.317 e. The van der Waals surface area contributed by atoms with E-state index in [0.717, 1.165) is 25.9 Å². The zero-order valence-electron chi connectivity index (χ0n) is 12.0. The minimum absolute atomic E-state index is 0.0660. The third kappa shape index (κ3) is 1.91. The fourth-order valence-electron chi connectivity index (χ4n) is 4.63. The van der Waals surface area contributed by atoms with Gasteiger partial charge in [0.1, 0.15) is 5.82 Å². The molecular weight excluding hydrogens is 251 g/mol. The molecule has 0 saturated carbocycles. The highest BCUT2D eigenvalue weighted by molar-refractivity contribution is 5.43. The van der Waals surface area contributed by atoms with Crippen LogP contribution < -0.4 is 5.32 Å². The van der Waals surface area contributed by atoms with Crippen molar-refractivity contribution in [3.8, 4) is 0 Å². The molecule has 0 aromatic heterocycles. The lowest BCUT2D eigenvalue weighted by molar-refractivity contribution is 0.195. The first kappa shape index (κ1) is 12.8. The normalized spacial score (nSPS) is 28.9. The molecule has 1 atom stereocenters. The highest BCUT2D eigenvalue weighted by Gasteiger charge is 2.46. The van der Waals surface area contributed by atoms with Crippen LogP contribution in [0.3, 0.4) is 0 Å². The molecule has 2 saturated heterocycles. The van der Waals surface area contributed by atoms with Crippen molar-refractivity contribution in [2.45, 2.75) is 43.6 Å². The zero-order valence-corrected chi connectivity index (χ0v) is 12.0. The van der Waals surface area contributed by atoms with Gasteiger partial charge in [-0.15, -0.1) is 0 Å². The lowest BCUT2D eigenvalue weighted by atomic mass is 9.74. The van der Waals surface area contributed by atoms with Crippen LogP contribution in [0, 0.1) is 5.82 Å². The summed E-state index contributed by atoms with van der Waals surface area (Å²) in [6.45, 7) is 4.58. The van der Waals surface area contributed by atoms with E-state index in [2.05, 4.69) is 16.3 Å². The summed E-state index contributed by atoms with van der Waals surface area (Å²) >= 11 is 0. The van der Waals surface area contributed by atoms with E-state index in [-0.39, 0.29) is 11.2 Å². The van der Waals surface area contributed by atoms with Gasteiger partial charge in [0.25, 0.3) is 0 Å². The SMILES string of the molecule is Fc1ccc2c(c1)C1(CCNCC1)C[C@H]2N1CCCC1. The van der Waals surface area contributed by atoms with Crippen LogP contribution >= 0.6 is 0 Å². The highest BCUT2D eigenvalue weighted by Crippen LogP contribution is 2.52. The number of hydrogen-bond donors (Lipinski definition) is 1. The van der Waals surface area contributed by atoms with Gasteiger partial charge in [-0.2, -0.15) is 0 Å². The van der Waals surface area contributed by atoms with Gasteiger partial charge in [-0.25, -0.2) is 4.39 Å². The Labute approximate surface area is 120 Å². The first-order valence-corrected chi connectivity index (χ1v) is 8.03. The molecule has 4 rings (SSSR count). The lowest BCUT2D eigenvalue weighted by Crippen LogP contribution is -2.39. The smallest absolute Gasteiger partial charge is 0.123 e. The third-order valence-electron chi connectivity index (χ3n) is 5.67. The second-order valence-corrected chi connectivity index (χ2v) is 6.72. The first-order chi connectivity index (χ1) is 9.78. The average molecular weight is 274 g/mol. The summed E-state index contributed by atoms with van der Waals surface area (Å²) in [5.41, 5.74) is 2.96. The maximum absolute atomic E-state index is 13.8. The summed E-state index contributed by atoms with van der Waals surface area (Å²) in [7, 11) is 0. The molecule has 2 fully saturated rings. The third-order valence-corrected chi connectivity index (χ3v) is 5.67. The molecule has 2 heterocycles. The van der Waals surface area contributed by atoms with Crippen LogP contribution in [0.4, 0.5) is 4.39 Å². The monoisotopic (exact) mass is 274 g/mol. The lowest BCUT2D eigenvalue weighted by Gasteiger charge is -2.36. The summed E-state index contributed by atoms with van der Waals surface area (Å²) in [5.74, 6) is -0.0660. The molecule has 1 aliphatic carbocycles. The van der Waals surface area contributed by atoms with E-state index in [1.165, 1.54) is 43.5 Å².